The van der Waals surface area contributed by atoms with Gasteiger partial charge < -0.3 is 25.4 Å². The van der Waals surface area contributed by atoms with E-state index in [1.807, 2.05) is 0 Å². The molecule has 1 aliphatic rings. The number of hydrogen-bond donors (Lipinski definition) is 3. The molecule has 0 aromatic carbocycles. The lowest BCUT2D eigenvalue weighted by atomic mass is 9.87. The summed E-state index contributed by atoms with van der Waals surface area (Å²) < 4.78 is 4.78. The topological polar surface area (TPSA) is 108 Å². The van der Waals surface area contributed by atoms with Crippen LogP contribution in [0.3, 0.4) is 0 Å². The van der Waals surface area contributed by atoms with Gasteiger partial charge in [0.1, 0.15) is 0 Å². The SMILES string of the molecule is COCCNC(=O)CNC(=O)N1CC(C(C)C(=O)O)C1. The fraction of sp³-hybridized carbons (Fsp3) is 0.750. The van der Waals surface area contributed by atoms with Crippen LogP contribution in [-0.4, -0.2) is 67.8 Å². The number of carboxylic acid groups (broad SMARTS) is 1. The molecule has 114 valence electrons. The number of methoxy groups -OCH3 is 1. The summed E-state index contributed by atoms with van der Waals surface area (Å²) in [7, 11) is 1.53. The summed E-state index contributed by atoms with van der Waals surface area (Å²) in [6, 6.07) is -0.347. The Morgan fingerprint density at radius 2 is 2.00 bits per heavy atom. The van der Waals surface area contributed by atoms with Crippen LogP contribution in [-0.2, 0) is 14.3 Å². The van der Waals surface area contributed by atoms with Crippen LogP contribution in [0, 0.1) is 11.8 Å². The van der Waals surface area contributed by atoms with Gasteiger partial charge in [0, 0.05) is 32.7 Å². The van der Waals surface area contributed by atoms with Crippen molar-refractivity contribution in [2.24, 2.45) is 11.8 Å². The minimum atomic E-state index is -0.854. The summed E-state index contributed by atoms with van der Waals surface area (Å²) in [4.78, 5) is 35.3. The lowest BCUT2D eigenvalue weighted by Gasteiger charge is -2.40. The smallest absolute Gasteiger partial charge is 0.317 e. The van der Waals surface area contributed by atoms with Gasteiger partial charge in [0.2, 0.25) is 5.91 Å². The van der Waals surface area contributed by atoms with E-state index in [4.69, 9.17) is 9.84 Å². The first-order valence-electron chi connectivity index (χ1n) is 6.47. The standard InChI is InChI=1S/C12H21N3O5/c1-8(11(17)18)9-6-15(7-9)12(19)14-5-10(16)13-3-4-20-2/h8-9H,3-7H2,1-2H3,(H,13,16)(H,14,19)(H,17,18). The Bertz CT molecular complexity index is 368. The number of hydrogen-bond acceptors (Lipinski definition) is 4. The van der Waals surface area contributed by atoms with Crippen LogP contribution in [0.2, 0.25) is 0 Å². The number of carbonyl (C=O) groups excluding carboxylic acids is 2. The van der Waals surface area contributed by atoms with E-state index >= 15 is 0 Å². The molecule has 1 unspecified atom stereocenters. The van der Waals surface area contributed by atoms with Gasteiger partial charge in [-0.1, -0.05) is 6.92 Å². The molecule has 0 bridgehead atoms. The number of ether oxygens (including phenoxy) is 1. The number of aliphatic carboxylic acids is 1. The first-order chi connectivity index (χ1) is 9.45. The Balaban J connectivity index is 2.16. The molecule has 0 saturated carbocycles. The molecule has 0 aromatic heterocycles. The lowest BCUT2D eigenvalue weighted by molar-refractivity contribution is -0.144. The molecule has 1 fully saturated rings. The minimum Gasteiger partial charge on any atom is -0.481 e. The monoisotopic (exact) mass is 287 g/mol. The predicted octanol–water partition coefficient (Wildman–Crippen LogP) is -0.889. The van der Waals surface area contributed by atoms with Crippen LogP contribution in [0.1, 0.15) is 6.92 Å². The number of carboxylic acids is 1. The second-order valence-corrected chi connectivity index (χ2v) is 4.79. The van der Waals surface area contributed by atoms with E-state index in [-0.39, 0.29) is 24.4 Å². The van der Waals surface area contributed by atoms with Gasteiger partial charge in [-0.05, 0) is 0 Å². The van der Waals surface area contributed by atoms with E-state index in [1.165, 1.54) is 12.0 Å². The molecule has 1 saturated heterocycles. The van der Waals surface area contributed by atoms with Crippen LogP contribution < -0.4 is 10.6 Å². The van der Waals surface area contributed by atoms with E-state index in [2.05, 4.69) is 10.6 Å². The van der Waals surface area contributed by atoms with E-state index in [9.17, 15) is 14.4 Å². The predicted molar refractivity (Wildman–Crippen MR) is 70.1 cm³/mol. The average molecular weight is 287 g/mol. The maximum absolute atomic E-state index is 11.7. The molecule has 1 rings (SSSR count). The van der Waals surface area contributed by atoms with Crippen molar-refractivity contribution >= 4 is 17.9 Å². The maximum Gasteiger partial charge on any atom is 0.317 e. The van der Waals surface area contributed by atoms with Crippen LogP contribution >= 0.6 is 0 Å². The normalized spacial score (nSPS) is 16.2. The molecule has 0 aliphatic carbocycles. The van der Waals surface area contributed by atoms with Crippen LogP contribution in [0.5, 0.6) is 0 Å². The fourth-order valence-corrected chi connectivity index (χ4v) is 1.82. The highest BCUT2D eigenvalue weighted by atomic mass is 16.5. The van der Waals surface area contributed by atoms with Crippen molar-refractivity contribution in [2.75, 3.05) is 39.9 Å². The molecule has 0 spiro atoms. The first kappa shape index (κ1) is 16.2. The van der Waals surface area contributed by atoms with Crippen LogP contribution in [0.15, 0.2) is 0 Å². The molecule has 20 heavy (non-hydrogen) atoms. The molecule has 0 aromatic rings. The summed E-state index contributed by atoms with van der Waals surface area (Å²) >= 11 is 0. The Labute approximate surface area is 117 Å². The third-order valence-electron chi connectivity index (χ3n) is 3.32. The summed E-state index contributed by atoms with van der Waals surface area (Å²) in [5, 5.41) is 13.9. The fourth-order valence-electron chi connectivity index (χ4n) is 1.82. The number of nitrogens with one attached hydrogen (secondary N) is 2. The summed E-state index contributed by atoms with van der Waals surface area (Å²) in [5.74, 6) is -1.62. The molecule has 8 heteroatoms. The zero-order valence-corrected chi connectivity index (χ0v) is 11.7. The Morgan fingerprint density at radius 1 is 1.35 bits per heavy atom. The highest BCUT2D eigenvalue weighted by molar-refractivity contribution is 5.84. The molecular weight excluding hydrogens is 266 g/mol. The first-order valence-corrected chi connectivity index (χ1v) is 6.47. The second-order valence-electron chi connectivity index (χ2n) is 4.79. The van der Waals surface area contributed by atoms with Crippen molar-refractivity contribution < 1.29 is 24.2 Å². The number of carbonyl (C=O) groups is 3. The second kappa shape index (κ2) is 7.68. The molecule has 3 amide bonds. The zero-order valence-electron chi connectivity index (χ0n) is 11.7. The van der Waals surface area contributed by atoms with Gasteiger partial charge in [0.15, 0.2) is 0 Å². The van der Waals surface area contributed by atoms with E-state index in [1.54, 1.807) is 6.92 Å². The van der Waals surface area contributed by atoms with Crippen molar-refractivity contribution in [3.63, 3.8) is 0 Å². The van der Waals surface area contributed by atoms with Gasteiger partial charge in [-0.25, -0.2) is 4.79 Å². The largest absolute Gasteiger partial charge is 0.481 e. The Kier molecular flexibility index (Phi) is 6.23. The van der Waals surface area contributed by atoms with Crippen molar-refractivity contribution in [1.29, 1.82) is 0 Å². The lowest BCUT2D eigenvalue weighted by Crippen LogP contribution is -2.57. The van der Waals surface area contributed by atoms with Gasteiger partial charge in [0.25, 0.3) is 0 Å². The molecule has 0 radical (unpaired) electrons. The van der Waals surface area contributed by atoms with Crippen molar-refractivity contribution in [3.05, 3.63) is 0 Å². The Hall–Kier alpha value is -1.83. The summed E-state index contributed by atoms with van der Waals surface area (Å²) in [6.07, 6.45) is 0. The van der Waals surface area contributed by atoms with Crippen LogP contribution in [0.4, 0.5) is 4.79 Å². The van der Waals surface area contributed by atoms with Crippen molar-refractivity contribution in [2.45, 2.75) is 6.92 Å². The van der Waals surface area contributed by atoms with Crippen LogP contribution in [0.25, 0.3) is 0 Å². The van der Waals surface area contributed by atoms with E-state index in [0.717, 1.165) is 0 Å². The third kappa shape index (κ3) is 4.69. The highest BCUT2D eigenvalue weighted by Crippen LogP contribution is 2.23. The molecular formula is C12H21N3O5. The van der Waals surface area contributed by atoms with Gasteiger partial charge >= 0.3 is 12.0 Å². The van der Waals surface area contributed by atoms with Crippen molar-refractivity contribution in [1.82, 2.24) is 15.5 Å². The maximum atomic E-state index is 11.7. The minimum absolute atomic E-state index is 0.0196. The van der Waals surface area contributed by atoms with Gasteiger partial charge in [-0.2, -0.15) is 0 Å². The summed E-state index contributed by atoms with van der Waals surface area (Å²) in [5.41, 5.74) is 0. The molecule has 1 heterocycles. The number of amides is 3. The van der Waals surface area contributed by atoms with Gasteiger partial charge in [-0.15, -0.1) is 0 Å². The van der Waals surface area contributed by atoms with Gasteiger partial charge in [0.05, 0.1) is 19.1 Å². The van der Waals surface area contributed by atoms with Gasteiger partial charge in [-0.3, -0.25) is 9.59 Å². The number of urea groups is 1. The third-order valence-corrected chi connectivity index (χ3v) is 3.32. The van der Waals surface area contributed by atoms with E-state index in [0.29, 0.717) is 26.2 Å². The summed E-state index contributed by atoms with van der Waals surface area (Å²) in [6.45, 7) is 3.16. The zero-order chi connectivity index (χ0) is 15.1. The number of rotatable bonds is 7. The molecule has 1 aliphatic heterocycles. The molecule has 8 nitrogen and oxygen atoms in total. The molecule has 3 N–H and O–H groups in total. The molecule has 1 atom stereocenters. The van der Waals surface area contributed by atoms with E-state index < -0.39 is 11.9 Å². The number of nitrogens with zero attached hydrogens (tertiary/aromatic N) is 1. The Morgan fingerprint density at radius 3 is 2.55 bits per heavy atom. The number of likely N-dealkylation sites (tertiary alicyclic amines) is 1. The highest BCUT2D eigenvalue weighted by Gasteiger charge is 2.37. The van der Waals surface area contributed by atoms with Crippen molar-refractivity contribution in [3.8, 4) is 0 Å². The quantitative estimate of drug-likeness (QED) is 0.527. The average Bonchev–Trinajstić information content (AvgIpc) is 2.34.